The number of aliphatic hydroxyl groups is 1. The van der Waals surface area contributed by atoms with Gasteiger partial charge >= 0.3 is 0 Å². The number of carbonyl (C=O) groups is 3. The maximum atomic E-state index is 13.0. The molecule has 0 unspecified atom stereocenters. The quantitative estimate of drug-likeness (QED) is 0.616. The predicted molar refractivity (Wildman–Crippen MR) is 115 cm³/mol. The molecule has 0 saturated carbocycles. The van der Waals surface area contributed by atoms with Gasteiger partial charge in [0.05, 0.1) is 30.7 Å². The van der Waals surface area contributed by atoms with E-state index in [1.54, 1.807) is 4.90 Å². The molecule has 0 radical (unpaired) electrons. The highest BCUT2D eigenvalue weighted by molar-refractivity contribution is 7.14. The Kier molecular flexibility index (Phi) is 7.68. The number of nitrogens with two attached hydrogens (primary N) is 1. The smallest absolute Gasteiger partial charge is 0.300 e. The number of amides is 2. The number of ether oxygens (including phenoxy) is 1. The number of rotatable bonds is 3. The molecule has 1 aromatic heterocycles. The summed E-state index contributed by atoms with van der Waals surface area (Å²) in [7, 11) is 0. The zero-order valence-corrected chi connectivity index (χ0v) is 18.7. The van der Waals surface area contributed by atoms with Crippen LogP contribution in [0.25, 0.3) is 0 Å². The number of hydrogen-bond acceptors (Lipinski definition) is 7. The van der Waals surface area contributed by atoms with E-state index in [2.05, 4.69) is 0 Å². The summed E-state index contributed by atoms with van der Waals surface area (Å²) < 4.78 is 6.23. The Labute approximate surface area is 185 Å². The number of hydrogen-bond donors (Lipinski definition) is 3. The molecule has 172 valence electrons. The molecular formula is C21H31N3O6S. The molecule has 0 aliphatic carbocycles. The zero-order chi connectivity index (χ0) is 22.6. The first kappa shape index (κ1) is 23.6. The lowest BCUT2D eigenvalue weighted by Gasteiger charge is -2.43. The lowest BCUT2D eigenvalue weighted by atomic mass is 9.85. The van der Waals surface area contributed by atoms with E-state index in [1.165, 1.54) is 16.9 Å². The van der Waals surface area contributed by atoms with Crippen LogP contribution in [0.5, 0.6) is 0 Å². The Morgan fingerprint density at radius 2 is 1.97 bits per heavy atom. The highest BCUT2D eigenvalue weighted by Crippen LogP contribution is 2.45. The number of aliphatic hydroxyl groups excluding tert-OH is 1. The van der Waals surface area contributed by atoms with Crippen molar-refractivity contribution in [1.29, 1.82) is 0 Å². The molecule has 0 bridgehead atoms. The third-order valence-electron chi connectivity index (χ3n) is 6.13. The van der Waals surface area contributed by atoms with Crippen LogP contribution in [0.1, 0.15) is 52.7 Å². The van der Waals surface area contributed by atoms with Crippen LogP contribution in [-0.4, -0.2) is 83.2 Å². The summed E-state index contributed by atoms with van der Waals surface area (Å²) in [6.45, 7) is 3.77. The van der Waals surface area contributed by atoms with Crippen molar-refractivity contribution in [3.05, 3.63) is 21.4 Å². The minimum absolute atomic E-state index is 0.0213. The summed E-state index contributed by atoms with van der Waals surface area (Å²) in [5.74, 6) is -0.830. The second kappa shape index (κ2) is 10.1. The Bertz CT molecular complexity index is 814. The summed E-state index contributed by atoms with van der Waals surface area (Å²) in [6, 6.07) is 1.96. The first-order valence-corrected chi connectivity index (χ1v) is 11.5. The van der Waals surface area contributed by atoms with Crippen molar-refractivity contribution in [3.8, 4) is 0 Å². The fraction of sp³-hybridized carbons (Fsp3) is 0.667. The van der Waals surface area contributed by atoms with E-state index in [9.17, 15) is 14.7 Å². The summed E-state index contributed by atoms with van der Waals surface area (Å²) in [5.41, 5.74) is 6.30. The molecule has 1 aromatic rings. The molecule has 2 fully saturated rings. The molecule has 0 aromatic carbocycles. The zero-order valence-electron chi connectivity index (χ0n) is 17.8. The van der Waals surface area contributed by atoms with E-state index in [0.29, 0.717) is 26.2 Å². The van der Waals surface area contributed by atoms with Crippen molar-refractivity contribution in [2.45, 2.75) is 50.7 Å². The van der Waals surface area contributed by atoms with Crippen LogP contribution in [0.3, 0.4) is 0 Å². The highest BCUT2D eigenvalue weighted by Gasteiger charge is 2.44. The van der Waals surface area contributed by atoms with Crippen molar-refractivity contribution in [1.82, 2.24) is 9.80 Å². The van der Waals surface area contributed by atoms with Gasteiger partial charge < -0.3 is 30.5 Å². The fourth-order valence-electron chi connectivity index (χ4n) is 4.58. The van der Waals surface area contributed by atoms with Crippen LogP contribution in [0.2, 0.25) is 0 Å². The van der Waals surface area contributed by atoms with Crippen molar-refractivity contribution in [2.75, 3.05) is 39.4 Å². The molecule has 4 heterocycles. The number of likely N-dealkylation sites (tertiary alicyclic amines) is 2. The minimum Gasteiger partial charge on any atom is -0.481 e. The van der Waals surface area contributed by atoms with Crippen LogP contribution in [0.4, 0.5) is 0 Å². The van der Waals surface area contributed by atoms with Gasteiger partial charge in [-0.05, 0) is 43.7 Å². The molecule has 4 rings (SSSR count). The molecule has 2 saturated heterocycles. The van der Waals surface area contributed by atoms with Gasteiger partial charge in [0.1, 0.15) is 5.60 Å². The summed E-state index contributed by atoms with van der Waals surface area (Å²) in [4.78, 5) is 39.4. The maximum absolute atomic E-state index is 13.0. The molecule has 1 atom stereocenters. The first-order valence-electron chi connectivity index (χ1n) is 10.7. The van der Waals surface area contributed by atoms with E-state index in [4.69, 9.17) is 20.4 Å². The SMILES string of the molecule is CC(=O)O.NCC(=O)N1CCC2(CC1)OCCc1cc(C(=O)N3CCC[C@@H]3CO)sc12. The van der Waals surface area contributed by atoms with E-state index in [0.717, 1.165) is 48.8 Å². The third-order valence-corrected chi connectivity index (χ3v) is 7.48. The van der Waals surface area contributed by atoms with Gasteiger partial charge in [-0.25, -0.2) is 0 Å². The van der Waals surface area contributed by atoms with Crippen molar-refractivity contribution < 1.29 is 29.3 Å². The molecular weight excluding hydrogens is 422 g/mol. The number of carboxylic acid groups (broad SMARTS) is 1. The van der Waals surface area contributed by atoms with Gasteiger partial charge in [-0.15, -0.1) is 11.3 Å². The molecule has 31 heavy (non-hydrogen) atoms. The average Bonchev–Trinajstić information content (AvgIpc) is 3.41. The largest absolute Gasteiger partial charge is 0.481 e. The van der Waals surface area contributed by atoms with Crippen LogP contribution >= 0.6 is 11.3 Å². The normalized spacial score (nSPS) is 22.0. The average molecular weight is 454 g/mol. The molecule has 2 amide bonds. The Balaban J connectivity index is 0.000000628. The van der Waals surface area contributed by atoms with E-state index in [-0.39, 0.29) is 36.6 Å². The predicted octanol–water partition coefficient (Wildman–Crippen LogP) is 0.785. The standard InChI is InChI=1S/C19H27N3O4S.C2H4O2/c20-11-16(24)21-7-4-19(5-8-21)17-13(3-9-26-19)10-15(27-17)18(25)22-6-1-2-14(22)12-23;1-2(3)4/h10,14,23H,1-9,11-12,20H2;1H3,(H,3,4)/t14-;/m1./s1. The van der Waals surface area contributed by atoms with Crippen LogP contribution in [0, 0.1) is 0 Å². The second-order valence-corrected chi connectivity index (χ2v) is 9.19. The minimum atomic E-state index is -0.833. The van der Waals surface area contributed by atoms with Crippen LogP contribution in [0.15, 0.2) is 6.07 Å². The molecule has 1 spiro atoms. The molecule has 3 aliphatic rings. The molecule has 10 heteroatoms. The lowest BCUT2D eigenvalue weighted by molar-refractivity contribution is -0.139. The summed E-state index contributed by atoms with van der Waals surface area (Å²) >= 11 is 1.54. The van der Waals surface area contributed by atoms with Gasteiger partial charge in [0.25, 0.3) is 11.9 Å². The number of nitrogens with zero attached hydrogens (tertiary/aromatic N) is 2. The monoisotopic (exact) mass is 453 g/mol. The lowest BCUT2D eigenvalue weighted by Crippen LogP contribution is -2.49. The molecule has 4 N–H and O–H groups in total. The summed E-state index contributed by atoms with van der Waals surface area (Å²) in [6.07, 6.45) is 4.10. The number of aliphatic carboxylic acids is 1. The van der Waals surface area contributed by atoms with Gasteiger partial charge in [0, 0.05) is 31.4 Å². The van der Waals surface area contributed by atoms with Gasteiger partial charge in [-0.2, -0.15) is 0 Å². The van der Waals surface area contributed by atoms with Gasteiger partial charge in [-0.3, -0.25) is 14.4 Å². The van der Waals surface area contributed by atoms with Gasteiger partial charge in [0.2, 0.25) is 5.91 Å². The highest BCUT2D eigenvalue weighted by atomic mass is 32.1. The summed E-state index contributed by atoms with van der Waals surface area (Å²) in [5, 5.41) is 16.9. The number of carboxylic acids is 1. The number of carbonyl (C=O) groups excluding carboxylic acids is 2. The maximum Gasteiger partial charge on any atom is 0.300 e. The third kappa shape index (κ3) is 5.08. The molecule has 9 nitrogen and oxygen atoms in total. The van der Waals surface area contributed by atoms with E-state index >= 15 is 0 Å². The van der Waals surface area contributed by atoms with Crippen molar-refractivity contribution >= 4 is 29.1 Å². The van der Waals surface area contributed by atoms with E-state index in [1.807, 2.05) is 11.0 Å². The van der Waals surface area contributed by atoms with Crippen molar-refractivity contribution in [2.24, 2.45) is 5.73 Å². The van der Waals surface area contributed by atoms with Crippen LogP contribution in [-0.2, 0) is 26.3 Å². The number of thiophene rings is 1. The fourth-order valence-corrected chi connectivity index (χ4v) is 5.95. The van der Waals surface area contributed by atoms with E-state index < -0.39 is 5.97 Å². The first-order chi connectivity index (χ1) is 14.8. The van der Waals surface area contributed by atoms with Gasteiger partial charge in [0.15, 0.2) is 0 Å². The topological polar surface area (TPSA) is 133 Å². The Morgan fingerprint density at radius 3 is 2.58 bits per heavy atom. The molecule has 3 aliphatic heterocycles. The van der Waals surface area contributed by atoms with Crippen molar-refractivity contribution in [3.63, 3.8) is 0 Å². The van der Waals surface area contributed by atoms with Crippen LogP contribution < -0.4 is 5.73 Å². The number of piperidine rings is 1. The Hall–Kier alpha value is -2.01. The second-order valence-electron chi connectivity index (χ2n) is 8.14. The van der Waals surface area contributed by atoms with Gasteiger partial charge in [-0.1, -0.05) is 0 Å². The Morgan fingerprint density at radius 1 is 1.29 bits per heavy atom. The number of fused-ring (bicyclic) bond motifs is 2.